The van der Waals surface area contributed by atoms with E-state index in [9.17, 15) is 14.3 Å². The summed E-state index contributed by atoms with van der Waals surface area (Å²) in [4.78, 5) is 20.7. The number of allylic oxidation sites excluding steroid dienone is 2. The number of amides is 1. The Hall–Kier alpha value is -4.20. The van der Waals surface area contributed by atoms with Crippen molar-refractivity contribution in [3.8, 4) is 17.2 Å². The maximum Gasteiger partial charge on any atom is 0.224 e. The van der Waals surface area contributed by atoms with Crippen molar-refractivity contribution in [3.05, 3.63) is 82.7 Å². The molecule has 3 aromatic rings. The SMILES string of the molecule is COc1cc(C=C2C(C)=C(CC(=O)NCc3ccccn3)c3cc(F)ncc32)cc(OC)c1O. The fourth-order valence-electron chi connectivity index (χ4n) is 3.95. The minimum Gasteiger partial charge on any atom is -0.502 e. The van der Waals surface area contributed by atoms with E-state index in [1.165, 1.54) is 26.5 Å². The van der Waals surface area contributed by atoms with Crippen LogP contribution in [0.25, 0.3) is 17.2 Å². The van der Waals surface area contributed by atoms with E-state index < -0.39 is 5.95 Å². The lowest BCUT2D eigenvalue weighted by Crippen LogP contribution is -2.23. The van der Waals surface area contributed by atoms with Crippen LogP contribution in [0.4, 0.5) is 4.39 Å². The number of nitrogens with one attached hydrogen (secondary N) is 1. The molecule has 1 amide bonds. The Bertz CT molecular complexity index is 1280. The molecule has 0 atom stereocenters. The highest BCUT2D eigenvalue weighted by molar-refractivity contribution is 6.08. The Labute approximate surface area is 196 Å². The molecule has 34 heavy (non-hydrogen) atoms. The number of hydrogen-bond donors (Lipinski definition) is 2. The highest BCUT2D eigenvalue weighted by atomic mass is 19.1. The minimum absolute atomic E-state index is 0.0781. The number of pyridine rings is 2. The molecule has 8 heteroatoms. The van der Waals surface area contributed by atoms with Gasteiger partial charge in [0.05, 0.1) is 32.9 Å². The van der Waals surface area contributed by atoms with Crippen LogP contribution in [-0.2, 0) is 11.3 Å². The first-order valence-electron chi connectivity index (χ1n) is 10.6. The minimum atomic E-state index is -0.618. The molecule has 0 bridgehead atoms. The number of nitrogens with zero attached hydrogens (tertiary/aromatic N) is 2. The second-order valence-corrected chi connectivity index (χ2v) is 7.76. The summed E-state index contributed by atoms with van der Waals surface area (Å²) >= 11 is 0. The van der Waals surface area contributed by atoms with Crippen LogP contribution in [-0.4, -0.2) is 35.2 Å². The van der Waals surface area contributed by atoms with Gasteiger partial charge in [-0.15, -0.1) is 0 Å². The number of methoxy groups -OCH3 is 2. The number of aromatic hydroxyl groups is 1. The Balaban J connectivity index is 1.68. The van der Waals surface area contributed by atoms with E-state index in [1.54, 1.807) is 18.3 Å². The molecule has 0 aliphatic heterocycles. The van der Waals surface area contributed by atoms with Crippen LogP contribution < -0.4 is 14.8 Å². The Morgan fingerprint density at radius 1 is 1.12 bits per heavy atom. The molecule has 1 aliphatic rings. The average molecular weight is 461 g/mol. The number of aromatic nitrogens is 2. The lowest BCUT2D eigenvalue weighted by molar-refractivity contribution is -0.120. The normalized spacial score (nSPS) is 13.7. The van der Waals surface area contributed by atoms with Gasteiger partial charge in [-0.25, -0.2) is 4.98 Å². The number of carbonyl (C=O) groups is 1. The third-order valence-corrected chi connectivity index (χ3v) is 5.69. The number of fused-ring (bicyclic) bond motifs is 1. The van der Waals surface area contributed by atoms with Gasteiger partial charge < -0.3 is 19.9 Å². The summed E-state index contributed by atoms with van der Waals surface area (Å²) in [5.74, 6) is -0.389. The zero-order chi connectivity index (χ0) is 24.2. The summed E-state index contributed by atoms with van der Waals surface area (Å²) in [5.41, 5.74) is 5.15. The van der Waals surface area contributed by atoms with Crippen LogP contribution in [0.5, 0.6) is 17.2 Å². The molecule has 174 valence electrons. The topological polar surface area (TPSA) is 93.6 Å². The van der Waals surface area contributed by atoms with Gasteiger partial charge in [0.15, 0.2) is 11.5 Å². The molecule has 1 aliphatic carbocycles. The first-order valence-corrected chi connectivity index (χ1v) is 10.6. The van der Waals surface area contributed by atoms with E-state index in [-0.39, 0.29) is 29.6 Å². The van der Waals surface area contributed by atoms with Crippen LogP contribution >= 0.6 is 0 Å². The zero-order valence-electron chi connectivity index (χ0n) is 19.1. The molecule has 7 nitrogen and oxygen atoms in total. The highest BCUT2D eigenvalue weighted by Gasteiger charge is 2.26. The van der Waals surface area contributed by atoms with Crippen molar-refractivity contribution in [2.75, 3.05) is 14.2 Å². The second kappa shape index (κ2) is 9.74. The fraction of sp³-hybridized carbons (Fsp3) is 0.192. The lowest BCUT2D eigenvalue weighted by atomic mass is 10.0. The molecular formula is C26H24FN3O4. The van der Waals surface area contributed by atoms with Crippen molar-refractivity contribution < 1.29 is 23.8 Å². The number of phenols is 1. The Morgan fingerprint density at radius 3 is 2.50 bits per heavy atom. The molecule has 0 unspecified atom stereocenters. The summed E-state index contributed by atoms with van der Waals surface area (Å²) in [6.45, 7) is 2.19. The molecule has 0 saturated carbocycles. The molecule has 0 spiro atoms. The second-order valence-electron chi connectivity index (χ2n) is 7.76. The van der Waals surface area contributed by atoms with Gasteiger partial charge in [0, 0.05) is 24.0 Å². The number of rotatable bonds is 7. The number of phenolic OH excluding ortho intramolecular Hbond substituents is 1. The van der Waals surface area contributed by atoms with Crippen LogP contribution in [0.15, 0.2) is 54.4 Å². The average Bonchev–Trinajstić information content (AvgIpc) is 3.09. The van der Waals surface area contributed by atoms with Crippen LogP contribution in [0.3, 0.4) is 0 Å². The van der Waals surface area contributed by atoms with Crippen molar-refractivity contribution >= 4 is 23.1 Å². The number of benzene rings is 1. The van der Waals surface area contributed by atoms with Crippen molar-refractivity contribution in [2.24, 2.45) is 0 Å². The van der Waals surface area contributed by atoms with Crippen molar-refractivity contribution in [1.29, 1.82) is 0 Å². The number of hydrogen-bond acceptors (Lipinski definition) is 6. The first kappa shape index (κ1) is 23.0. The van der Waals surface area contributed by atoms with Gasteiger partial charge in [-0.05, 0) is 65.1 Å². The lowest BCUT2D eigenvalue weighted by Gasteiger charge is -2.10. The third-order valence-electron chi connectivity index (χ3n) is 5.69. The number of ether oxygens (including phenoxy) is 2. The van der Waals surface area contributed by atoms with Crippen molar-refractivity contribution in [2.45, 2.75) is 19.9 Å². The predicted molar refractivity (Wildman–Crippen MR) is 127 cm³/mol. The Kier molecular flexibility index (Phi) is 6.58. The summed E-state index contributed by atoms with van der Waals surface area (Å²) in [6.07, 6.45) is 5.08. The molecule has 0 radical (unpaired) electrons. The summed E-state index contributed by atoms with van der Waals surface area (Å²) < 4.78 is 24.5. The standard InChI is InChI=1S/C26H24FN3O4/c1-15-18(8-16-9-22(33-2)26(32)23(10-16)34-3)21-14-29-24(27)11-20(21)19(15)12-25(31)30-13-17-6-4-5-7-28-17/h4-11,14,32H,12-13H2,1-3H3,(H,30,31). The number of halogens is 1. The molecule has 2 heterocycles. The van der Waals surface area contributed by atoms with Crippen LogP contribution in [0.1, 0.15) is 35.7 Å². The maximum absolute atomic E-state index is 14.0. The van der Waals surface area contributed by atoms with Crippen LogP contribution in [0.2, 0.25) is 0 Å². The summed E-state index contributed by atoms with van der Waals surface area (Å²) in [7, 11) is 2.91. The molecule has 2 aromatic heterocycles. The van der Waals surface area contributed by atoms with Gasteiger partial charge in [-0.1, -0.05) is 6.07 Å². The van der Waals surface area contributed by atoms with E-state index in [0.717, 1.165) is 28.0 Å². The molecule has 4 rings (SSSR count). The van der Waals surface area contributed by atoms with Gasteiger partial charge in [0.2, 0.25) is 17.6 Å². The monoisotopic (exact) mass is 461 g/mol. The molecular weight excluding hydrogens is 437 g/mol. The van der Waals surface area contributed by atoms with E-state index in [1.807, 2.05) is 31.2 Å². The van der Waals surface area contributed by atoms with E-state index in [2.05, 4.69) is 15.3 Å². The molecule has 0 fully saturated rings. The van der Waals surface area contributed by atoms with Crippen molar-refractivity contribution in [3.63, 3.8) is 0 Å². The molecule has 2 N–H and O–H groups in total. The van der Waals surface area contributed by atoms with Gasteiger partial charge >= 0.3 is 0 Å². The molecule has 0 saturated heterocycles. The van der Waals surface area contributed by atoms with E-state index >= 15 is 0 Å². The maximum atomic E-state index is 14.0. The van der Waals surface area contributed by atoms with Crippen LogP contribution in [0, 0.1) is 5.95 Å². The van der Waals surface area contributed by atoms with Gasteiger partial charge in [-0.3, -0.25) is 9.78 Å². The fourth-order valence-corrected chi connectivity index (χ4v) is 3.95. The smallest absolute Gasteiger partial charge is 0.224 e. The van der Waals surface area contributed by atoms with Crippen molar-refractivity contribution in [1.82, 2.24) is 15.3 Å². The quantitative estimate of drug-likeness (QED) is 0.508. The molecule has 1 aromatic carbocycles. The van der Waals surface area contributed by atoms with E-state index in [0.29, 0.717) is 17.7 Å². The van der Waals surface area contributed by atoms with E-state index in [4.69, 9.17) is 9.47 Å². The highest BCUT2D eigenvalue weighted by Crippen LogP contribution is 2.44. The Morgan fingerprint density at radius 2 is 1.85 bits per heavy atom. The predicted octanol–water partition coefficient (Wildman–Crippen LogP) is 4.37. The number of carbonyl (C=O) groups excluding carboxylic acids is 1. The largest absolute Gasteiger partial charge is 0.502 e. The van der Waals surface area contributed by atoms with Gasteiger partial charge in [0.25, 0.3) is 0 Å². The first-order chi connectivity index (χ1) is 16.4. The zero-order valence-corrected chi connectivity index (χ0v) is 19.1. The third kappa shape index (κ3) is 4.61. The summed E-state index contributed by atoms with van der Waals surface area (Å²) in [6, 6.07) is 10.2. The van der Waals surface area contributed by atoms with Gasteiger partial charge in [-0.2, -0.15) is 4.39 Å². The van der Waals surface area contributed by atoms with Gasteiger partial charge in [0.1, 0.15) is 0 Å². The summed E-state index contributed by atoms with van der Waals surface area (Å²) in [5, 5.41) is 13.1.